The van der Waals surface area contributed by atoms with E-state index in [4.69, 9.17) is 14.0 Å². The molecule has 3 rings (SSSR count). The number of anilines is 1. The summed E-state index contributed by atoms with van der Waals surface area (Å²) in [6, 6.07) is 5.73. The Balaban J connectivity index is 1.74. The van der Waals surface area contributed by atoms with Gasteiger partial charge >= 0.3 is 0 Å². The van der Waals surface area contributed by atoms with Crippen molar-refractivity contribution in [3.05, 3.63) is 29.9 Å². The van der Waals surface area contributed by atoms with Crippen molar-refractivity contribution in [2.45, 2.75) is 45.6 Å². The van der Waals surface area contributed by atoms with E-state index in [1.807, 2.05) is 25.1 Å². The number of hydrogen-bond acceptors (Lipinski definition) is 6. The first kappa shape index (κ1) is 15.6. The highest BCUT2D eigenvalue weighted by Gasteiger charge is 2.23. The minimum absolute atomic E-state index is 0.0941. The number of benzene rings is 1. The topological polar surface area (TPSA) is 69.4 Å². The molecule has 2 heterocycles. The first-order valence-electron chi connectivity index (χ1n) is 7.94. The number of aromatic nitrogens is 2. The minimum Gasteiger partial charge on any atom is -0.490 e. The first-order valence-corrected chi connectivity index (χ1v) is 7.94. The van der Waals surface area contributed by atoms with Crippen LogP contribution in [0.25, 0.3) is 0 Å². The van der Waals surface area contributed by atoms with Crippen LogP contribution in [0.5, 0.6) is 11.5 Å². The number of nitrogens with one attached hydrogen (secondary N) is 1. The van der Waals surface area contributed by atoms with Gasteiger partial charge < -0.3 is 19.3 Å². The van der Waals surface area contributed by atoms with Crippen LogP contribution in [0.1, 0.15) is 51.9 Å². The summed E-state index contributed by atoms with van der Waals surface area (Å²) in [5, 5.41) is 7.42. The first-order chi connectivity index (χ1) is 10.9. The lowest BCUT2D eigenvalue weighted by molar-refractivity contribution is 0.297. The summed E-state index contributed by atoms with van der Waals surface area (Å²) in [6.45, 7) is 9.53. The fourth-order valence-corrected chi connectivity index (χ4v) is 2.28. The van der Waals surface area contributed by atoms with E-state index in [9.17, 15) is 0 Å². The largest absolute Gasteiger partial charge is 0.490 e. The molecule has 124 valence electrons. The van der Waals surface area contributed by atoms with Crippen molar-refractivity contribution >= 4 is 5.69 Å². The molecule has 6 nitrogen and oxygen atoms in total. The van der Waals surface area contributed by atoms with E-state index in [-0.39, 0.29) is 11.5 Å². The Morgan fingerprint density at radius 2 is 1.87 bits per heavy atom. The van der Waals surface area contributed by atoms with Crippen LogP contribution in [0.4, 0.5) is 5.69 Å². The van der Waals surface area contributed by atoms with Crippen molar-refractivity contribution in [1.82, 2.24) is 10.1 Å². The van der Waals surface area contributed by atoms with E-state index < -0.39 is 0 Å². The summed E-state index contributed by atoms with van der Waals surface area (Å²) in [5.41, 5.74) is 0.800. The maximum absolute atomic E-state index is 5.71. The second kappa shape index (κ2) is 6.10. The molecule has 0 bridgehead atoms. The summed E-state index contributed by atoms with van der Waals surface area (Å²) >= 11 is 0. The Labute approximate surface area is 136 Å². The predicted octanol–water partition coefficient (Wildman–Crippen LogP) is 3.70. The normalized spacial score (nSPS) is 15.8. The molecule has 0 saturated carbocycles. The standard InChI is InChI=1S/C17H23N3O3/c1-11(15-19-16(20-23-15)17(2,3)4)18-12-6-7-13-14(10-12)22-9-5-8-21-13/h6-7,10-11,18H,5,8-9H2,1-4H3. The fraction of sp³-hybridized carbons (Fsp3) is 0.529. The monoisotopic (exact) mass is 317 g/mol. The summed E-state index contributed by atoms with van der Waals surface area (Å²) in [4.78, 5) is 4.48. The van der Waals surface area contributed by atoms with E-state index >= 15 is 0 Å². The molecule has 0 aliphatic carbocycles. The van der Waals surface area contributed by atoms with E-state index in [0.29, 0.717) is 24.9 Å². The maximum atomic E-state index is 5.71. The van der Waals surface area contributed by atoms with Gasteiger partial charge in [-0.1, -0.05) is 25.9 Å². The number of rotatable bonds is 3. The molecule has 0 radical (unpaired) electrons. The summed E-state index contributed by atoms with van der Waals surface area (Å²) < 4.78 is 16.7. The molecule has 0 fully saturated rings. The molecular formula is C17H23N3O3. The van der Waals surface area contributed by atoms with Gasteiger partial charge in [-0.3, -0.25) is 0 Å². The van der Waals surface area contributed by atoms with Gasteiger partial charge in [-0.2, -0.15) is 4.98 Å². The van der Waals surface area contributed by atoms with E-state index in [2.05, 4.69) is 36.2 Å². The van der Waals surface area contributed by atoms with Gasteiger partial charge in [0.25, 0.3) is 0 Å². The third kappa shape index (κ3) is 3.57. The van der Waals surface area contributed by atoms with Gasteiger partial charge in [0.1, 0.15) is 6.04 Å². The third-order valence-electron chi connectivity index (χ3n) is 3.61. The zero-order valence-electron chi connectivity index (χ0n) is 14.0. The number of hydrogen-bond donors (Lipinski definition) is 1. The van der Waals surface area contributed by atoms with Crippen molar-refractivity contribution in [1.29, 1.82) is 0 Å². The van der Waals surface area contributed by atoms with Crippen LogP contribution in [-0.4, -0.2) is 23.4 Å². The zero-order chi connectivity index (χ0) is 16.4. The molecular weight excluding hydrogens is 294 g/mol. The van der Waals surface area contributed by atoms with Crippen molar-refractivity contribution < 1.29 is 14.0 Å². The Kier molecular flexibility index (Phi) is 4.15. The molecule has 1 atom stereocenters. The second-order valence-electron chi connectivity index (χ2n) is 6.78. The van der Waals surface area contributed by atoms with E-state index in [0.717, 1.165) is 23.6 Å². The fourth-order valence-electron chi connectivity index (χ4n) is 2.28. The molecule has 0 amide bonds. The predicted molar refractivity (Wildman–Crippen MR) is 87.1 cm³/mol. The average molecular weight is 317 g/mol. The Bertz CT molecular complexity index is 676. The van der Waals surface area contributed by atoms with Crippen LogP contribution in [0.2, 0.25) is 0 Å². The second-order valence-corrected chi connectivity index (χ2v) is 6.78. The summed E-state index contributed by atoms with van der Waals surface area (Å²) in [7, 11) is 0. The Hall–Kier alpha value is -2.24. The highest BCUT2D eigenvalue weighted by atomic mass is 16.5. The Morgan fingerprint density at radius 3 is 2.57 bits per heavy atom. The quantitative estimate of drug-likeness (QED) is 0.931. The maximum Gasteiger partial charge on any atom is 0.248 e. The number of ether oxygens (including phenoxy) is 2. The van der Waals surface area contributed by atoms with Crippen molar-refractivity contribution in [3.63, 3.8) is 0 Å². The van der Waals surface area contributed by atoms with Gasteiger partial charge in [-0.15, -0.1) is 0 Å². The van der Waals surface area contributed by atoms with Crippen LogP contribution < -0.4 is 14.8 Å². The lowest BCUT2D eigenvalue weighted by Gasteiger charge is -2.14. The highest BCUT2D eigenvalue weighted by Crippen LogP contribution is 2.33. The van der Waals surface area contributed by atoms with Crippen molar-refractivity contribution in [2.24, 2.45) is 0 Å². The van der Waals surface area contributed by atoms with E-state index in [1.54, 1.807) is 0 Å². The molecule has 6 heteroatoms. The molecule has 1 aliphatic rings. The van der Waals surface area contributed by atoms with Gasteiger partial charge in [0.2, 0.25) is 5.89 Å². The third-order valence-corrected chi connectivity index (χ3v) is 3.61. The molecule has 1 aromatic heterocycles. The summed E-state index contributed by atoms with van der Waals surface area (Å²) in [5.74, 6) is 2.83. The van der Waals surface area contributed by atoms with Crippen LogP contribution in [0.3, 0.4) is 0 Å². The van der Waals surface area contributed by atoms with Gasteiger partial charge in [0.05, 0.1) is 13.2 Å². The van der Waals surface area contributed by atoms with E-state index in [1.165, 1.54) is 0 Å². The average Bonchev–Trinajstić information content (AvgIpc) is 2.88. The van der Waals surface area contributed by atoms with Crippen LogP contribution in [0, 0.1) is 0 Å². The van der Waals surface area contributed by atoms with Crippen molar-refractivity contribution in [2.75, 3.05) is 18.5 Å². The highest BCUT2D eigenvalue weighted by molar-refractivity contribution is 5.55. The molecule has 1 N–H and O–H groups in total. The summed E-state index contributed by atoms with van der Waals surface area (Å²) in [6.07, 6.45) is 0.894. The van der Waals surface area contributed by atoms with Crippen molar-refractivity contribution in [3.8, 4) is 11.5 Å². The molecule has 1 aliphatic heterocycles. The molecule has 2 aromatic rings. The van der Waals surface area contributed by atoms with Gasteiger partial charge in [0.15, 0.2) is 17.3 Å². The van der Waals surface area contributed by atoms with Crippen LogP contribution in [0.15, 0.2) is 22.7 Å². The zero-order valence-corrected chi connectivity index (χ0v) is 14.0. The Morgan fingerprint density at radius 1 is 1.13 bits per heavy atom. The molecule has 23 heavy (non-hydrogen) atoms. The van der Waals surface area contributed by atoms with Gasteiger partial charge in [-0.05, 0) is 19.1 Å². The molecule has 1 unspecified atom stereocenters. The number of nitrogens with zero attached hydrogens (tertiary/aromatic N) is 2. The van der Waals surface area contributed by atoms with Crippen LogP contribution in [-0.2, 0) is 5.41 Å². The smallest absolute Gasteiger partial charge is 0.248 e. The lowest BCUT2D eigenvalue weighted by Crippen LogP contribution is -2.14. The van der Waals surface area contributed by atoms with Crippen LogP contribution >= 0.6 is 0 Å². The molecule has 0 saturated heterocycles. The molecule has 1 aromatic carbocycles. The van der Waals surface area contributed by atoms with Gasteiger partial charge in [0, 0.05) is 23.6 Å². The lowest BCUT2D eigenvalue weighted by atomic mass is 9.96. The molecule has 0 spiro atoms. The number of fused-ring (bicyclic) bond motifs is 1. The minimum atomic E-state index is -0.128. The SMILES string of the molecule is CC(Nc1ccc2c(c1)OCCCO2)c1nc(C(C)(C)C)no1. The van der Waals surface area contributed by atoms with Gasteiger partial charge in [-0.25, -0.2) is 0 Å².